The first kappa shape index (κ1) is 13.4. The van der Waals surface area contributed by atoms with Gasteiger partial charge in [0.1, 0.15) is 5.75 Å². The van der Waals surface area contributed by atoms with E-state index >= 15 is 0 Å². The lowest BCUT2D eigenvalue weighted by molar-refractivity contribution is 0.473. The van der Waals surface area contributed by atoms with Crippen LogP contribution in [0.3, 0.4) is 0 Å². The molecule has 0 spiro atoms. The van der Waals surface area contributed by atoms with Crippen LogP contribution in [0.5, 0.6) is 5.75 Å². The SMILES string of the molecule is Cc1cn(-c2c(O)cc(Br)c3ccccc23)c2ccccc12. The summed E-state index contributed by atoms with van der Waals surface area (Å²) < 4.78 is 2.98. The lowest BCUT2D eigenvalue weighted by atomic mass is 10.1. The van der Waals surface area contributed by atoms with Gasteiger partial charge in [-0.3, -0.25) is 0 Å². The summed E-state index contributed by atoms with van der Waals surface area (Å²) in [4.78, 5) is 0. The molecule has 0 saturated heterocycles. The van der Waals surface area contributed by atoms with Gasteiger partial charge in [0.2, 0.25) is 0 Å². The molecule has 0 atom stereocenters. The van der Waals surface area contributed by atoms with E-state index in [1.54, 1.807) is 6.07 Å². The predicted molar refractivity (Wildman–Crippen MR) is 94.9 cm³/mol. The monoisotopic (exact) mass is 351 g/mol. The van der Waals surface area contributed by atoms with Gasteiger partial charge in [-0.25, -0.2) is 0 Å². The van der Waals surface area contributed by atoms with Crippen LogP contribution in [0.15, 0.2) is 65.3 Å². The minimum Gasteiger partial charge on any atom is -0.506 e. The normalized spacial score (nSPS) is 11.4. The zero-order chi connectivity index (χ0) is 15.3. The zero-order valence-electron chi connectivity index (χ0n) is 12.0. The van der Waals surface area contributed by atoms with Crippen molar-refractivity contribution in [2.24, 2.45) is 0 Å². The molecule has 3 heteroatoms. The van der Waals surface area contributed by atoms with E-state index < -0.39 is 0 Å². The van der Waals surface area contributed by atoms with Crippen molar-refractivity contribution in [3.8, 4) is 11.4 Å². The molecule has 3 aromatic carbocycles. The first-order valence-electron chi connectivity index (χ1n) is 7.14. The lowest BCUT2D eigenvalue weighted by Crippen LogP contribution is -1.95. The smallest absolute Gasteiger partial charge is 0.141 e. The lowest BCUT2D eigenvalue weighted by Gasteiger charge is -2.13. The second kappa shape index (κ2) is 4.89. The Labute approximate surface area is 136 Å². The summed E-state index contributed by atoms with van der Waals surface area (Å²) in [5.74, 6) is 0.270. The third-order valence-corrected chi connectivity index (χ3v) is 4.75. The summed E-state index contributed by atoms with van der Waals surface area (Å²) >= 11 is 3.54. The van der Waals surface area contributed by atoms with Crippen LogP contribution < -0.4 is 0 Å². The molecule has 1 aromatic heterocycles. The average molecular weight is 352 g/mol. The van der Waals surface area contributed by atoms with Gasteiger partial charge in [-0.15, -0.1) is 0 Å². The van der Waals surface area contributed by atoms with Gasteiger partial charge in [-0.2, -0.15) is 0 Å². The van der Waals surface area contributed by atoms with E-state index in [1.807, 2.05) is 30.3 Å². The molecule has 4 rings (SSSR count). The van der Waals surface area contributed by atoms with E-state index in [0.29, 0.717) is 0 Å². The van der Waals surface area contributed by atoms with Crippen molar-refractivity contribution >= 4 is 37.6 Å². The molecule has 2 nitrogen and oxygen atoms in total. The van der Waals surface area contributed by atoms with Gasteiger partial charge in [-0.05, 0) is 30.0 Å². The Morgan fingerprint density at radius 2 is 1.55 bits per heavy atom. The van der Waals surface area contributed by atoms with Crippen molar-refractivity contribution in [2.45, 2.75) is 6.92 Å². The third kappa shape index (κ3) is 1.86. The maximum absolute atomic E-state index is 10.6. The van der Waals surface area contributed by atoms with Gasteiger partial charge in [0.05, 0.1) is 11.2 Å². The molecule has 0 bridgehead atoms. The summed E-state index contributed by atoms with van der Waals surface area (Å²) in [6.07, 6.45) is 2.08. The first-order chi connectivity index (χ1) is 10.7. The number of fused-ring (bicyclic) bond motifs is 2. The van der Waals surface area contributed by atoms with Gasteiger partial charge in [0.15, 0.2) is 0 Å². The minimum absolute atomic E-state index is 0.270. The number of benzene rings is 3. The average Bonchev–Trinajstić information content (AvgIpc) is 2.85. The van der Waals surface area contributed by atoms with Crippen LogP contribution in [0.25, 0.3) is 27.4 Å². The number of phenolic OH excluding ortho intramolecular Hbond substituents is 1. The molecular weight excluding hydrogens is 338 g/mol. The van der Waals surface area contributed by atoms with E-state index in [0.717, 1.165) is 26.4 Å². The number of phenols is 1. The number of hydrogen-bond donors (Lipinski definition) is 1. The maximum Gasteiger partial charge on any atom is 0.141 e. The van der Waals surface area contributed by atoms with Crippen molar-refractivity contribution in [3.63, 3.8) is 0 Å². The molecule has 0 aliphatic heterocycles. The molecule has 0 amide bonds. The van der Waals surface area contributed by atoms with Crippen molar-refractivity contribution < 1.29 is 5.11 Å². The molecule has 1 N–H and O–H groups in total. The number of hydrogen-bond acceptors (Lipinski definition) is 1. The molecule has 4 aromatic rings. The molecule has 0 aliphatic rings. The van der Waals surface area contributed by atoms with Gasteiger partial charge in [-0.1, -0.05) is 58.4 Å². The fourth-order valence-electron chi connectivity index (χ4n) is 3.09. The van der Waals surface area contributed by atoms with Crippen molar-refractivity contribution in [2.75, 3.05) is 0 Å². The highest BCUT2D eigenvalue weighted by atomic mass is 79.9. The van der Waals surface area contributed by atoms with Crippen LogP contribution >= 0.6 is 15.9 Å². The van der Waals surface area contributed by atoms with E-state index in [1.165, 1.54) is 10.9 Å². The number of nitrogens with zero attached hydrogens (tertiary/aromatic N) is 1. The first-order valence-corrected chi connectivity index (χ1v) is 7.93. The highest BCUT2D eigenvalue weighted by molar-refractivity contribution is 9.10. The predicted octanol–water partition coefficient (Wildman–Crippen LogP) is 5.56. The van der Waals surface area contributed by atoms with E-state index in [2.05, 4.69) is 51.8 Å². The Balaban J connectivity index is 2.18. The number of aromatic hydroxyl groups is 1. The van der Waals surface area contributed by atoms with Gasteiger partial charge >= 0.3 is 0 Å². The topological polar surface area (TPSA) is 25.2 Å². The zero-order valence-corrected chi connectivity index (χ0v) is 13.6. The van der Waals surface area contributed by atoms with Crippen LogP contribution in [0.2, 0.25) is 0 Å². The van der Waals surface area contributed by atoms with Crippen LogP contribution in [-0.4, -0.2) is 9.67 Å². The summed E-state index contributed by atoms with van der Waals surface area (Å²) in [6, 6.07) is 18.1. The molecule has 0 aliphatic carbocycles. The van der Waals surface area contributed by atoms with E-state index in [-0.39, 0.29) is 5.75 Å². The number of halogens is 1. The summed E-state index contributed by atoms with van der Waals surface area (Å²) in [5, 5.41) is 13.9. The molecule has 0 unspecified atom stereocenters. The summed E-state index contributed by atoms with van der Waals surface area (Å²) in [5.41, 5.74) is 3.12. The van der Waals surface area contributed by atoms with Gasteiger partial charge in [0, 0.05) is 21.4 Å². The standard InChI is InChI=1S/C19H14BrNO/c1-12-11-21(17-9-5-4-6-13(12)17)19-15-8-3-2-7-14(15)16(20)10-18(19)22/h2-11,22H,1H3. The molecule has 0 radical (unpaired) electrons. The largest absolute Gasteiger partial charge is 0.506 e. The Morgan fingerprint density at radius 3 is 2.32 bits per heavy atom. The van der Waals surface area contributed by atoms with E-state index in [9.17, 15) is 5.11 Å². The number of aryl methyl sites for hydroxylation is 1. The summed E-state index contributed by atoms with van der Waals surface area (Å²) in [7, 11) is 0. The highest BCUT2D eigenvalue weighted by Crippen LogP contribution is 2.38. The van der Waals surface area contributed by atoms with E-state index in [4.69, 9.17) is 0 Å². The molecule has 22 heavy (non-hydrogen) atoms. The van der Waals surface area contributed by atoms with Crippen molar-refractivity contribution in [3.05, 3.63) is 70.8 Å². The number of para-hydroxylation sites is 1. The van der Waals surface area contributed by atoms with Crippen molar-refractivity contribution in [1.29, 1.82) is 0 Å². The fraction of sp³-hybridized carbons (Fsp3) is 0.0526. The van der Waals surface area contributed by atoms with Crippen LogP contribution in [0.1, 0.15) is 5.56 Å². The Morgan fingerprint density at radius 1 is 0.909 bits per heavy atom. The quantitative estimate of drug-likeness (QED) is 0.477. The highest BCUT2D eigenvalue weighted by Gasteiger charge is 2.15. The molecule has 0 fully saturated rings. The second-order valence-corrected chi connectivity index (χ2v) is 6.33. The molecular formula is C19H14BrNO. The fourth-order valence-corrected chi connectivity index (χ4v) is 3.65. The Bertz CT molecular complexity index is 1020. The van der Waals surface area contributed by atoms with Crippen LogP contribution in [0.4, 0.5) is 0 Å². The number of rotatable bonds is 1. The molecule has 108 valence electrons. The van der Waals surface area contributed by atoms with Crippen LogP contribution in [0, 0.1) is 6.92 Å². The van der Waals surface area contributed by atoms with Crippen molar-refractivity contribution in [1.82, 2.24) is 4.57 Å². The Kier molecular flexibility index (Phi) is 2.98. The molecule has 0 saturated carbocycles. The maximum atomic E-state index is 10.6. The van der Waals surface area contributed by atoms with Crippen LogP contribution in [-0.2, 0) is 0 Å². The Hall–Kier alpha value is -2.26. The molecule has 1 heterocycles. The van der Waals surface area contributed by atoms with Gasteiger partial charge in [0.25, 0.3) is 0 Å². The number of aromatic nitrogens is 1. The minimum atomic E-state index is 0.270. The van der Waals surface area contributed by atoms with Gasteiger partial charge < -0.3 is 9.67 Å². The second-order valence-electron chi connectivity index (χ2n) is 5.47. The third-order valence-electron chi connectivity index (χ3n) is 4.10. The summed E-state index contributed by atoms with van der Waals surface area (Å²) in [6.45, 7) is 2.09.